The van der Waals surface area contributed by atoms with E-state index in [9.17, 15) is 13.2 Å². The van der Waals surface area contributed by atoms with Crippen molar-refractivity contribution in [2.24, 2.45) is 0 Å². The predicted molar refractivity (Wildman–Crippen MR) is 89.7 cm³/mol. The van der Waals surface area contributed by atoms with Gasteiger partial charge >= 0.3 is 0 Å². The molecule has 23 heavy (non-hydrogen) atoms. The molecule has 0 saturated carbocycles. The lowest BCUT2D eigenvalue weighted by Crippen LogP contribution is -2.41. The average Bonchev–Trinajstić information content (AvgIpc) is 3.00. The molecule has 1 atom stereocenters. The fourth-order valence-electron chi connectivity index (χ4n) is 3.12. The van der Waals surface area contributed by atoms with E-state index in [1.807, 2.05) is 13.8 Å². The number of hydrogen-bond donors (Lipinski definition) is 0. The predicted octanol–water partition coefficient (Wildman–Crippen LogP) is 3.04. The largest absolute Gasteiger partial charge is 0.451 e. The highest BCUT2D eigenvalue weighted by atomic mass is 35.5. The second kappa shape index (κ2) is 5.83. The standard InChI is InChI=1S/C16H18ClNO4S/c1-3-18(12-6-7-23(20,21)9-12)16(19)15-10(2)13-8-11(17)4-5-14(13)22-15/h4-5,8,12H,3,6-7,9H2,1-2H3. The molecule has 1 aromatic heterocycles. The van der Waals surface area contributed by atoms with Crippen LogP contribution in [0.3, 0.4) is 0 Å². The molecule has 1 aliphatic rings. The van der Waals surface area contributed by atoms with E-state index in [1.54, 1.807) is 23.1 Å². The van der Waals surface area contributed by atoms with E-state index in [-0.39, 0.29) is 29.2 Å². The molecule has 0 spiro atoms. The first-order valence-electron chi connectivity index (χ1n) is 7.52. The summed E-state index contributed by atoms with van der Waals surface area (Å²) in [6.07, 6.45) is 0.479. The number of rotatable bonds is 3. The normalized spacial score (nSPS) is 20.0. The van der Waals surface area contributed by atoms with E-state index in [0.29, 0.717) is 23.6 Å². The average molecular weight is 356 g/mol. The van der Waals surface area contributed by atoms with Gasteiger partial charge < -0.3 is 9.32 Å². The Hall–Kier alpha value is -1.53. The molecule has 7 heteroatoms. The quantitative estimate of drug-likeness (QED) is 0.848. The van der Waals surface area contributed by atoms with Crippen molar-refractivity contribution >= 4 is 38.3 Å². The molecule has 0 bridgehead atoms. The minimum atomic E-state index is -3.05. The lowest BCUT2D eigenvalue weighted by molar-refractivity contribution is 0.0677. The number of nitrogens with zero attached hydrogens (tertiary/aromatic N) is 1. The number of fused-ring (bicyclic) bond motifs is 1. The number of carbonyl (C=O) groups is 1. The van der Waals surface area contributed by atoms with Gasteiger partial charge in [-0.3, -0.25) is 4.79 Å². The van der Waals surface area contributed by atoms with E-state index >= 15 is 0 Å². The maximum absolute atomic E-state index is 12.9. The van der Waals surface area contributed by atoms with Crippen LogP contribution in [0.5, 0.6) is 0 Å². The first kappa shape index (κ1) is 16.3. The highest BCUT2D eigenvalue weighted by Gasteiger charge is 2.35. The lowest BCUT2D eigenvalue weighted by atomic mass is 10.1. The van der Waals surface area contributed by atoms with Gasteiger partial charge in [0.05, 0.1) is 11.5 Å². The maximum Gasteiger partial charge on any atom is 0.290 e. The van der Waals surface area contributed by atoms with E-state index < -0.39 is 9.84 Å². The summed E-state index contributed by atoms with van der Waals surface area (Å²) in [5.41, 5.74) is 1.33. The number of sulfone groups is 1. The third-order valence-corrected chi connectivity index (χ3v) is 6.33. The molecule has 0 N–H and O–H groups in total. The Morgan fingerprint density at radius 2 is 2.17 bits per heavy atom. The summed E-state index contributed by atoms with van der Waals surface area (Å²) < 4.78 is 29.1. The minimum Gasteiger partial charge on any atom is -0.451 e. The molecular formula is C16H18ClNO4S. The third kappa shape index (κ3) is 2.97. The van der Waals surface area contributed by atoms with Crippen molar-refractivity contribution in [3.63, 3.8) is 0 Å². The molecule has 1 fully saturated rings. The molecule has 0 radical (unpaired) electrons. The van der Waals surface area contributed by atoms with Crippen LogP contribution in [0.25, 0.3) is 11.0 Å². The highest BCUT2D eigenvalue weighted by molar-refractivity contribution is 7.91. The monoisotopic (exact) mass is 355 g/mol. The lowest BCUT2D eigenvalue weighted by Gasteiger charge is -2.26. The Balaban J connectivity index is 1.97. The van der Waals surface area contributed by atoms with Crippen molar-refractivity contribution in [2.75, 3.05) is 18.1 Å². The van der Waals surface area contributed by atoms with Gasteiger partial charge in [-0.15, -0.1) is 0 Å². The number of benzene rings is 1. The molecule has 1 saturated heterocycles. The third-order valence-electron chi connectivity index (χ3n) is 4.34. The zero-order valence-electron chi connectivity index (χ0n) is 13.0. The Kier molecular flexibility index (Phi) is 4.14. The number of carbonyl (C=O) groups excluding carboxylic acids is 1. The van der Waals surface area contributed by atoms with Crippen molar-refractivity contribution in [3.8, 4) is 0 Å². The molecule has 3 rings (SSSR count). The summed E-state index contributed by atoms with van der Waals surface area (Å²) in [7, 11) is -3.05. The minimum absolute atomic E-state index is 0.0255. The number of amides is 1. The van der Waals surface area contributed by atoms with Gasteiger partial charge in [0.2, 0.25) is 0 Å². The Morgan fingerprint density at radius 3 is 2.78 bits per heavy atom. The number of halogens is 1. The summed E-state index contributed by atoms with van der Waals surface area (Å²) in [6, 6.07) is 4.93. The van der Waals surface area contributed by atoms with Crippen molar-refractivity contribution < 1.29 is 17.6 Å². The van der Waals surface area contributed by atoms with Gasteiger partial charge in [-0.1, -0.05) is 11.6 Å². The molecule has 124 valence electrons. The first-order valence-corrected chi connectivity index (χ1v) is 9.72. The molecular weight excluding hydrogens is 338 g/mol. The van der Waals surface area contributed by atoms with E-state index in [0.717, 1.165) is 10.9 Å². The van der Waals surface area contributed by atoms with Crippen LogP contribution in [0.4, 0.5) is 0 Å². The van der Waals surface area contributed by atoms with Gasteiger partial charge in [-0.25, -0.2) is 8.42 Å². The Labute approximate surface area is 140 Å². The van der Waals surface area contributed by atoms with Crippen molar-refractivity contribution in [3.05, 3.63) is 34.5 Å². The summed E-state index contributed by atoms with van der Waals surface area (Å²) >= 11 is 6.00. The van der Waals surface area contributed by atoms with Gasteiger partial charge in [0.1, 0.15) is 5.58 Å². The molecule has 1 amide bonds. The molecule has 2 heterocycles. The Morgan fingerprint density at radius 1 is 1.43 bits per heavy atom. The van der Waals surface area contributed by atoms with Crippen LogP contribution < -0.4 is 0 Å². The molecule has 1 aromatic carbocycles. The van der Waals surface area contributed by atoms with Gasteiger partial charge in [0.25, 0.3) is 5.91 Å². The molecule has 0 aliphatic carbocycles. The van der Waals surface area contributed by atoms with Gasteiger partial charge in [-0.2, -0.15) is 0 Å². The second-order valence-electron chi connectivity index (χ2n) is 5.84. The van der Waals surface area contributed by atoms with Crippen LogP contribution >= 0.6 is 11.6 Å². The molecule has 5 nitrogen and oxygen atoms in total. The molecule has 1 aliphatic heterocycles. The maximum atomic E-state index is 12.9. The number of furan rings is 1. The van der Waals surface area contributed by atoms with Gasteiger partial charge in [-0.05, 0) is 38.5 Å². The Bertz CT molecular complexity index is 872. The number of aryl methyl sites for hydroxylation is 1. The van der Waals surface area contributed by atoms with E-state index in [4.69, 9.17) is 16.0 Å². The van der Waals surface area contributed by atoms with Gasteiger partial charge in [0, 0.05) is 28.6 Å². The number of hydrogen-bond acceptors (Lipinski definition) is 4. The topological polar surface area (TPSA) is 67.6 Å². The van der Waals surface area contributed by atoms with Crippen LogP contribution in [0, 0.1) is 6.92 Å². The zero-order valence-corrected chi connectivity index (χ0v) is 14.6. The van der Waals surface area contributed by atoms with Crippen LogP contribution in [-0.2, 0) is 9.84 Å². The summed E-state index contributed by atoms with van der Waals surface area (Å²) in [5.74, 6) is 0.154. The zero-order chi connectivity index (χ0) is 16.8. The van der Waals surface area contributed by atoms with E-state index in [2.05, 4.69) is 0 Å². The summed E-state index contributed by atoms with van der Waals surface area (Å²) in [4.78, 5) is 14.4. The molecule has 1 unspecified atom stereocenters. The highest BCUT2D eigenvalue weighted by Crippen LogP contribution is 2.30. The fraction of sp³-hybridized carbons (Fsp3) is 0.438. The van der Waals surface area contributed by atoms with Crippen LogP contribution in [0.15, 0.2) is 22.6 Å². The van der Waals surface area contributed by atoms with Crippen LogP contribution in [0.1, 0.15) is 29.5 Å². The van der Waals surface area contributed by atoms with Crippen molar-refractivity contribution in [1.82, 2.24) is 4.90 Å². The van der Waals surface area contributed by atoms with Crippen LogP contribution in [-0.4, -0.2) is 43.3 Å². The van der Waals surface area contributed by atoms with Crippen molar-refractivity contribution in [2.45, 2.75) is 26.3 Å². The fourth-order valence-corrected chi connectivity index (χ4v) is 5.02. The van der Waals surface area contributed by atoms with Crippen molar-refractivity contribution in [1.29, 1.82) is 0 Å². The summed E-state index contributed by atoms with van der Waals surface area (Å²) in [6.45, 7) is 4.10. The first-order chi connectivity index (χ1) is 10.8. The second-order valence-corrected chi connectivity index (χ2v) is 8.51. The molecule has 2 aromatic rings. The smallest absolute Gasteiger partial charge is 0.290 e. The SMILES string of the molecule is CCN(C(=O)c1oc2ccc(Cl)cc2c1C)C1CCS(=O)(=O)C1. The van der Waals surface area contributed by atoms with Crippen LogP contribution in [0.2, 0.25) is 5.02 Å². The van der Waals surface area contributed by atoms with E-state index in [1.165, 1.54) is 0 Å². The summed E-state index contributed by atoms with van der Waals surface area (Å²) in [5, 5.41) is 1.38. The van der Waals surface area contributed by atoms with Gasteiger partial charge in [0.15, 0.2) is 15.6 Å².